The topological polar surface area (TPSA) is 83.0 Å². The molecule has 1 aromatic heterocycles. The van der Waals surface area contributed by atoms with E-state index < -0.39 is 0 Å². The normalized spacial score (nSPS) is 11.7. The molecule has 0 aliphatic heterocycles. The highest BCUT2D eigenvalue weighted by Crippen LogP contribution is 2.39. The van der Waals surface area contributed by atoms with Gasteiger partial charge in [0.05, 0.1) is 30.8 Å². The monoisotopic (exact) mass is 451 g/mol. The zero-order chi connectivity index (χ0) is 24.3. The number of fused-ring (bicyclic) bond motifs is 1. The van der Waals surface area contributed by atoms with Gasteiger partial charge in [-0.1, -0.05) is 26.0 Å². The van der Waals surface area contributed by atoms with Crippen molar-refractivity contribution in [3.05, 3.63) is 51.8 Å². The first-order valence-electron chi connectivity index (χ1n) is 10.9. The number of aromatic amines is 1. The largest absolute Gasteiger partial charge is 0.493 e. The van der Waals surface area contributed by atoms with Crippen molar-refractivity contribution in [3.8, 4) is 11.5 Å². The first kappa shape index (κ1) is 24.1. The Balaban J connectivity index is 2.01. The second kappa shape index (κ2) is 9.94. The van der Waals surface area contributed by atoms with E-state index in [0.29, 0.717) is 34.9 Å². The molecule has 3 rings (SSSR count). The van der Waals surface area contributed by atoms with Crippen LogP contribution in [0.1, 0.15) is 37.8 Å². The van der Waals surface area contributed by atoms with Crippen LogP contribution in [0.2, 0.25) is 0 Å². The van der Waals surface area contributed by atoms with Crippen LogP contribution in [0, 0.1) is 0 Å². The maximum Gasteiger partial charge on any atom is 0.282 e. The van der Waals surface area contributed by atoms with Gasteiger partial charge in [0.25, 0.3) is 5.56 Å². The maximum absolute atomic E-state index is 13.1. The molecular formula is C25H33N5O3. The van der Waals surface area contributed by atoms with Gasteiger partial charge in [-0.15, -0.1) is 0 Å². The summed E-state index contributed by atoms with van der Waals surface area (Å²) in [5.41, 5.74) is 3.10. The van der Waals surface area contributed by atoms with Crippen molar-refractivity contribution < 1.29 is 9.47 Å². The van der Waals surface area contributed by atoms with Crippen molar-refractivity contribution >= 4 is 28.4 Å². The maximum atomic E-state index is 13.1. The van der Waals surface area contributed by atoms with Gasteiger partial charge in [-0.25, -0.2) is 4.99 Å². The number of H-pyrrole nitrogens is 1. The Morgan fingerprint density at radius 2 is 1.88 bits per heavy atom. The summed E-state index contributed by atoms with van der Waals surface area (Å²) in [7, 11) is 9.00. The van der Waals surface area contributed by atoms with Gasteiger partial charge in [0, 0.05) is 39.3 Å². The molecular weight excluding hydrogens is 418 g/mol. The molecule has 0 saturated heterocycles. The first-order chi connectivity index (χ1) is 15.7. The quantitative estimate of drug-likeness (QED) is 0.426. The summed E-state index contributed by atoms with van der Waals surface area (Å²) in [4.78, 5) is 29.3. The van der Waals surface area contributed by atoms with Crippen molar-refractivity contribution in [3.63, 3.8) is 0 Å². The molecule has 0 radical (unpaired) electrons. The number of anilines is 1. The SMILES string of the molecule is COc1cc2[nH]c(N(C)Cc3cccc(N=C(C)N(C)C)c3)nc(=O)c2c(C(C)C)c1OC. The van der Waals surface area contributed by atoms with Crippen LogP contribution >= 0.6 is 0 Å². The van der Waals surface area contributed by atoms with Gasteiger partial charge in [-0.3, -0.25) is 4.79 Å². The molecule has 0 spiro atoms. The van der Waals surface area contributed by atoms with E-state index in [9.17, 15) is 4.79 Å². The lowest BCUT2D eigenvalue weighted by Gasteiger charge is -2.21. The standard InChI is InChI=1S/C25H33N5O3/c1-15(2)21-22-19(13-20(32-7)23(21)33-8)27-25(28-24(22)31)30(6)14-17-10-9-11-18(12-17)26-16(3)29(4)5/h9-13,15H,14H2,1-8H3,(H,27,28,31). The van der Waals surface area contributed by atoms with E-state index in [1.54, 1.807) is 20.3 Å². The molecule has 1 heterocycles. The van der Waals surface area contributed by atoms with Crippen molar-refractivity contribution in [2.45, 2.75) is 33.2 Å². The number of ether oxygens (including phenoxy) is 2. The van der Waals surface area contributed by atoms with Gasteiger partial charge in [-0.05, 0) is 30.5 Å². The van der Waals surface area contributed by atoms with Gasteiger partial charge in [0.1, 0.15) is 5.84 Å². The molecule has 0 aliphatic carbocycles. The van der Waals surface area contributed by atoms with Gasteiger partial charge >= 0.3 is 0 Å². The van der Waals surface area contributed by atoms with E-state index in [2.05, 4.69) is 15.0 Å². The molecule has 3 aromatic rings. The van der Waals surface area contributed by atoms with Gasteiger partial charge in [0.2, 0.25) is 5.95 Å². The highest BCUT2D eigenvalue weighted by molar-refractivity contribution is 5.87. The van der Waals surface area contributed by atoms with Crippen LogP contribution in [0.4, 0.5) is 11.6 Å². The van der Waals surface area contributed by atoms with Crippen LogP contribution in [-0.4, -0.2) is 56.1 Å². The molecule has 0 unspecified atom stereocenters. The fourth-order valence-corrected chi connectivity index (χ4v) is 3.74. The Hall–Kier alpha value is -3.55. The predicted octanol–water partition coefficient (Wildman–Crippen LogP) is 4.31. The second-order valence-electron chi connectivity index (χ2n) is 8.55. The number of rotatable bonds is 7. The van der Waals surface area contributed by atoms with Crippen LogP contribution in [0.3, 0.4) is 0 Å². The molecule has 2 aromatic carbocycles. The Morgan fingerprint density at radius 3 is 2.48 bits per heavy atom. The highest BCUT2D eigenvalue weighted by Gasteiger charge is 2.21. The molecule has 8 heteroatoms. The summed E-state index contributed by atoms with van der Waals surface area (Å²) in [5, 5.41) is 0.523. The molecule has 33 heavy (non-hydrogen) atoms. The fourth-order valence-electron chi connectivity index (χ4n) is 3.74. The fraction of sp³-hybridized carbons (Fsp3) is 0.400. The predicted molar refractivity (Wildman–Crippen MR) is 135 cm³/mol. The average molecular weight is 452 g/mol. The van der Waals surface area contributed by atoms with Crippen molar-refractivity contribution in [1.82, 2.24) is 14.9 Å². The molecule has 8 nitrogen and oxygen atoms in total. The van der Waals surface area contributed by atoms with Gasteiger partial charge < -0.3 is 24.3 Å². The Kier molecular flexibility index (Phi) is 7.26. The lowest BCUT2D eigenvalue weighted by molar-refractivity contribution is 0.351. The molecule has 1 N–H and O–H groups in total. The van der Waals surface area contributed by atoms with E-state index in [0.717, 1.165) is 22.6 Å². The smallest absolute Gasteiger partial charge is 0.282 e. The summed E-state index contributed by atoms with van der Waals surface area (Å²) >= 11 is 0. The number of aromatic nitrogens is 2. The van der Waals surface area contributed by atoms with Crippen LogP contribution in [-0.2, 0) is 6.54 Å². The number of aliphatic imine (C=N–C) groups is 1. The number of nitrogens with one attached hydrogen (secondary N) is 1. The minimum absolute atomic E-state index is 0.0537. The number of benzene rings is 2. The Morgan fingerprint density at radius 1 is 1.15 bits per heavy atom. The summed E-state index contributed by atoms with van der Waals surface area (Å²) < 4.78 is 11.1. The number of amidine groups is 1. The van der Waals surface area contributed by atoms with Crippen molar-refractivity contribution in [2.24, 2.45) is 4.99 Å². The molecule has 0 atom stereocenters. The zero-order valence-electron chi connectivity index (χ0n) is 20.7. The molecule has 0 aliphatic rings. The van der Waals surface area contributed by atoms with Crippen LogP contribution in [0.25, 0.3) is 10.9 Å². The minimum atomic E-state index is -0.296. The molecule has 176 valence electrons. The van der Waals surface area contributed by atoms with Crippen LogP contribution < -0.4 is 19.9 Å². The number of methoxy groups -OCH3 is 2. The number of nitrogens with zero attached hydrogens (tertiary/aromatic N) is 4. The van der Waals surface area contributed by atoms with E-state index in [1.807, 2.05) is 76.0 Å². The molecule has 0 bridgehead atoms. The van der Waals surface area contributed by atoms with Gasteiger partial charge in [0.15, 0.2) is 11.5 Å². The zero-order valence-corrected chi connectivity index (χ0v) is 20.7. The second-order valence-corrected chi connectivity index (χ2v) is 8.55. The third-order valence-electron chi connectivity index (χ3n) is 5.58. The third-order valence-corrected chi connectivity index (χ3v) is 5.58. The Labute approximate surface area is 194 Å². The highest BCUT2D eigenvalue weighted by atomic mass is 16.5. The third kappa shape index (κ3) is 5.10. The minimum Gasteiger partial charge on any atom is -0.493 e. The summed E-state index contributed by atoms with van der Waals surface area (Å²) in [6.45, 7) is 6.56. The van der Waals surface area contributed by atoms with Crippen molar-refractivity contribution in [2.75, 3.05) is 40.3 Å². The van der Waals surface area contributed by atoms with E-state index >= 15 is 0 Å². The summed E-state index contributed by atoms with van der Waals surface area (Å²) in [6.07, 6.45) is 0. The van der Waals surface area contributed by atoms with Gasteiger partial charge in [-0.2, -0.15) is 4.98 Å². The number of hydrogen-bond donors (Lipinski definition) is 1. The molecule has 0 fully saturated rings. The lowest BCUT2D eigenvalue weighted by Crippen LogP contribution is -2.23. The van der Waals surface area contributed by atoms with Crippen LogP contribution in [0.15, 0.2) is 40.1 Å². The summed E-state index contributed by atoms with van der Waals surface area (Å²) in [6, 6.07) is 9.81. The molecule has 0 amide bonds. The van der Waals surface area contributed by atoms with Crippen LogP contribution in [0.5, 0.6) is 11.5 Å². The molecule has 0 saturated carbocycles. The lowest BCUT2D eigenvalue weighted by atomic mass is 9.97. The van der Waals surface area contributed by atoms with Crippen molar-refractivity contribution in [1.29, 1.82) is 0 Å². The average Bonchev–Trinajstić information content (AvgIpc) is 2.77. The Bertz CT molecular complexity index is 1230. The summed E-state index contributed by atoms with van der Waals surface area (Å²) in [5.74, 6) is 2.60. The van der Waals surface area contributed by atoms with E-state index in [-0.39, 0.29) is 11.5 Å². The van der Waals surface area contributed by atoms with E-state index in [1.165, 1.54) is 0 Å². The number of hydrogen-bond acceptors (Lipinski definition) is 6. The van der Waals surface area contributed by atoms with E-state index in [4.69, 9.17) is 9.47 Å². The first-order valence-corrected chi connectivity index (χ1v) is 10.9.